The molecule has 13 nitrogen and oxygen atoms in total. The summed E-state index contributed by atoms with van der Waals surface area (Å²) in [5.74, 6) is 2.60. The first-order chi connectivity index (χ1) is 29.1. The van der Waals surface area contributed by atoms with Crippen LogP contribution in [0.3, 0.4) is 0 Å². The summed E-state index contributed by atoms with van der Waals surface area (Å²) in [6, 6.07) is 27.8. The van der Waals surface area contributed by atoms with E-state index in [0.29, 0.717) is 51.2 Å². The number of hydrogen-bond acceptors (Lipinski definition) is 12. The van der Waals surface area contributed by atoms with Crippen LogP contribution in [0.25, 0.3) is 11.1 Å². The van der Waals surface area contributed by atoms with Crippen LogP contribution in [0.15, 0.2) is 101 Å². The van der Waals surface area contributed by atoms with Crippen LogP contribution in [0.2, 0.25) is 0 Å². The average Bonchev–Trinajstić information content (AvgIpc) is 4.07. The number of likely N-dealkylation sites (tertiary alicyclic amines) is 1. The third-order valence-corrected chi connectivity index (χ3v) is 17.4. The number of nitrogens with zero attached hydrogens (tertiary/aromatic N) is 2. The summed E-state index contributed by atoms with van der Waals surface area (Å²) in [4.78, 5) is 2.96. The zero-order chi connectivity index (χ0) is 41.0. The predicted molar refractivity (Wildman–Crippen MR) is 225 cm³/mol. The number of aliphatic hydroxyl groups excluding tert-OH is 1. The minimum Gasteiger partial charge on any atom is -0.486 e. The molecule has 5 fully saturated rings. The van der Waals surface area contributed by atoms with Gasteiger partial charge in [-0.05, 0) is 107 Å². The van der Waals surface area contributed by atoms with E-state index < -0.39 is 31.3 Å². The molecule has 0 aliphatic carbocycles. The van der Waals surface area contributed by atoms with Gasteiger partial charge in [0, 0.05) is 51.9 Å². The second-order valence-electron chi connectivity index (χ2n) is 17.3. The van der Waals surface area contributed by atoms with Gasteiger partial charge in [0.05, 0.1) is 22.5 Å². The summed E-state index contributed by atoms with van der Waals surface area (Å²) in [6.07, 6.45) is 0.312. The standard InChI is InChI=1S/C45H53N5O8S2/c51-44(40-20-34-25-49(26-36(34)22-47-40)24-29-4-13-41-42(18-29)57-17-16-56-41)31-7-5-30(6-8-31)33-2-1-3-39(19-33)59(52,53)43-21-35-27-50(28-37(35)23-48-43)60(54,55)38-11-9-32(10-12-38)45-46-14-15-58-45/h1-13,18-19,34-37,40,43-48,51H,14-17,20-28H2. The molecule has 15 heteroatoms. The molecule has 318 valence electrons. The first kappa shape index (κ1) is 40.2. The lowest BCUT2D eigenvalue weighted by Crippen LogP contribution is -2.47. The first-order valence-corrected chi connectivity index (χ1v) is 24.2. The molecular weight excluding hydrogens is 803 g/mol. The zero-order valence-corrected chi connectivity index (χ0v) is 35.1. The molecule has 0 radical (unpaired) electrons. The Morgan fingerprint density at radius 3 is 2.22 bits per heavy atom. The van der Waals surface area contributed by atoms with E-state index in [4.69, 9.17) is 14.2 Å². The molecule has 0 aromatic heterocycles. The van der Waals surface area contributed by atoms with Gasteiger partial charge in [-0.3, -0.25) is 10.2 Å². The fourth-order valence-electron chi connectivity index (χ4n) is 10.3. The van der Waals surface area contributed by atoms with Crippen LogP contribution < -0.4 is 25.4 Å². The summed E-state index contributed by atoms with van der Waals surface area (Å²) in [7, 11) is -7.52. The lowest BCUT2D eigenvalue weighted by Gasteiger charge is -2.35. The molecular formula is C45H53N5O8S2. The molecule has 0 saturated carbocycles. The minimum atomic E-state index is -3.78. The van der Waals surface area contributed by atoms with Gasteiger partial charge in [0.1, 0.15) is 24.8 Å². The van der Waals surface area contributed by atoms with Crippen molar-refractivity contribution in [2.75, 3.05) is 65.6 Å². The van der Waals surface area contributed by atoms with Crippen LogP contribution in [0, 0.1) is 23.7 Å². The third-order valence-electron chi connectivity index (χ3n) is 13.6. The number of sulfonamides is 1. The van der Waals surface area contributed by atoms with Gasteiger partial charge < -0.3 is 30.0 Å². The molecule has 60 heavy (non-hydrogen) atoms. The quantitative estimate of drug-likeness (QED) is 0.183. The average molecular weight is 856 g/mol. The first-order valence-electron chi connectivity index (χ1n) is 21.2. The normalized spacial score (nSPS) is 28.9. The minimum absolute atomic E-state index is 0.0249. The van der Waals surface area contributed by atoms with E-state index in [1.165, 1.54) is 9.87 Å². The summed E-state index contributed by atoms with van der Waals surface area (Å²) in [6.45, 7) is 7.31. The molecule has 4 aromatic carbocycles. The number of sulfone groups is 1. The lowest BCUT2D eigenvalue weighted by atomic mass is 9.82. The van der Waals surface area contributed by atoms with E-state index >= 15 is 0 Å². The third kappa shape index (κ3) is 7.88. The maximum atomic E-state index is 14.1. The maximum Gasteiger partial charge on any atom is 0.243 e. The van der Waals surface area contributed by atoms with Crippen LogP contribution in [-0.4, -0.2) is 108 Å². The molecule has 0 spiro atoms. The van der Waals surface area contributed by atoms with Gasteiger partial charge in [0.25, 0.3) is 0 Å². The summed E-state index contributed by atoms with van der Waals surface area (Å²) < 4.78 is 74.2. The van der Waals surface area contributed by atoms with Crippen LogP contribution in [0.1, 0.15) is 41.9 Å². The van der Waals surface area contributed by atoms with E-state index in [0.717, 1.165) is 72.9 Å². The van der Waals surface area contributed by atoms with Crippen molar-refractivity contribution in [1.82, 2.24) is 25.2 Å². The number of ether oxygens (including phenoxy) is 3. The Labute approximate surface area is 352 Å². The van der Waals surface area contributed by atoms with Crippen molar-refractivity contribution in [3.05, 3.63) is 108 Å². The van der Waals surface area contributed by atoms with Gasteiger partial charge in [0.2, 0.25) is 10.0 Å². The van der Waals surface area contributed by atoms with Gasteiger partial charge in [-0.25, -0.2) is 16.8 Å². The van der Waals surface area contributed by atoms with E-state index in [1.807, 2.05) is 36.4 Å². The van der Waals surface area contributed by atoms with Crippen molar-refractivity contribution in [2.45, 2.75) is 52.9 Å². The number of fused-ring (bicyclic) bond motifs is 3. The van der Waals surface area contributed by atoms with Gasteiger partial charge in [0.15, 0.2) is 21.3 Å². The van der Waals surface area contributed by atoms with Crippen LogP contribution in [0.5, 0.6) is 11.5 Å². The smallest absolute Gasteiger partial charge is 0.243 e. The van der Waals surface area contributed by atoms with Gasteiger partial charge >= 0.3 is 0 Å². The predicted octanol–water partition coefficient (Wildman–Crippen LogP) is 3.92. The van der Waals surface area contributed by atoms with Crippen molar-refractivity contribution in [2.24, 2.45) is 23.7 Å². The Morgan fingerprint density at radius 1 is 0.683 bits per heavy atom. The topological polar surface area (TPSA) is 159 Å². The van der Waals surface area contributed by atoms with Gasteiger partial charge in [-0.1, -0.05) is 54.6 Å². The van der Waals surface area contributed by atoms with Crippen molar-refractivity contribution in [3.63, 3.8) is 0 Å². The number of nitrogens with one attached hydrogen (secondary N) is 3. The second kappa shape index (κ2) is 16.4. The molecule has 6 heterocycles. The monoisotopic (exact) mass is 855 g/mol. The van der Waals surface area contributed by atoms with E-state index in [-0.39, 0.29) is 40.4 Å². The highest BCUT2D eigenvalue weighted by Crippen LogP contribution is 2.39. The van der Waals surface area contributed by atoms with Crippen molar-refractivity contribution in [3.8, 4) is 22.6 Å². The maximum absolute atomic E-state index is 14.1. The SMILES string of the molecule is O=S(=O)(c1cccc(-c2ccc(C(O)C3CC4CN(Cc5ccc6c(c5)OCCO6)CC4CN3)cc2)c1)C1CC2CN(S(=O)(=O)c3ccc(C4NCCO4)cc3)CC2CN1. The molecule has 0 bridgehead atoms. The summed E-state index contributed by atoms with van der Waals surface area (Å²) in [5.41, 5.74) is 4.55. The molecule has 8 atom stereocenters. The molecule has 4 N–H and O–H groups in total. The Bertz CT molecular complexity index is 2410. The van der Waals surface area contributed by atoms with Crippen molar-refractivity contribution < 1.29 is 36.2 Å². The highest BCUT2D eigenvalue weighted by atomic mass is 32.2. The van der Waals surface area contributed by atoms with Gasteiger partial charge in [-0.2, -0.15) is 4.31 Å². The number of benzene rings is 4. The molecule has 10 rings (SSSR count). The fourth-order valence-corrected chi connectivity index (χ4v) is 13.5. The molecule has 8 unspecified atom stereocenters. The second-order valence-corrected chi connectivity index (χ2v) is 21.4. The van der Waals surface area contributed by atoms with E-state index in [9.17, 15) is 21.9 Å². The van der Waals surface area contributed by atoms with E-state index in [2.05, 4.69) is 33.0 Å². The van der Waals surface area contributed by atoms with Crippen LogP contribution >= 0.6 is 0 Å². The summed E-state index contributed by atoms with van der Waals surface area (Å²) in [5, 5.41) is 20.8. The number of aliphatic hydroxyl groups is 1. The molecule has 5 saturated heterocycles. The zero-order valence-electron chi connectivity index (χ0n) is 33.5. The van der Waals surface area contributed by atoms with E-state index in [1.54, 1.807) is 42.5 Å². The molecule has 6 aliphatic rings. The highest BCUT2D eigenvalue weighted by molar-refractivity contribution is 7.92. The Morgan fingerprint density at radius 2 is 1.42 bits per heavy atom. The largest absolute Gasteiger partial charge is 0.486 e. The Hall–Kier alpha value is -3.90. The van der Waals surface area contributed by atoms with Crippen LogP contribution in [-0.2, 0) is 31.1 Å². The van der Waals surface area contributed by atoms with Crippen molar-refractivity contribution in [1.29, 1.82) is 0 Å². The molecule has 4 aromatic rings. The number of hydrogen-bond donors (Lipinski definition) is 4. The van der Waals surface area contributed by atoms with Crippen molar-refractivity contribution >= 4 is 19.9 Å². The number of piperidine rings is 2. The van der Waals surface area contributed by atoms with Gasteiger partial charge in [-0.15, -0.1) is 0 Å². The highest BCUT2D eigenvalue weighted by Gasteiger charge is 2.45. The fraction of sp³-hybridized carbons (Fsp3) is 0.467. The summed E-state index contributed by atoms with van der Waals surface area (Å²) >= 11 is 0. The molecule has 6 aliphatic heterocycles. The number of rotatable bonds is 10. The Balaban J connectivity index is 0.751. The Kier molecular flexibility index (Phi) is 11.0. The van der Waals surface area contributed by atoms with Crippen LogP contribution in [0.4, 0.5) is 0 Å². The molecule has 0 amide bonds. The lowest BCUT2D eigenvalue weighted by molar-refractivity contribution is 0.0903.